The highest BCUT2D eigenvalue weighted by Crippen LogP contribution is 2.33. The van der Waals surface area contributed by atoms with E-state index >= 15 is 0 Å². The van der Waals surface area contributed by atoms with Crippen LogP contribution in [0.5, 0.6) is 0 Å². The Kier molecular flexibility index (Phi) is 5.22. The van der Waals surface area contributed by atoms with Crippen molar-refractivity contribution in [3.8, 4) is 0 Å². The molecule has 9 heteroatoms. The van der Waals surface area contributed by atoms with Crippen LogP contribution >= 0.6 is 0 Å². The van der Waals surface area contributed by atoms with E-state index in [1.807, 2.05) is 0 Å². The summed E-state index contributed by atoms with van der Waals surface area (Å²) in [7, 11) is 0. The molecule has 1 saturated heterocycles. The molecule has 1 aliphatic heterocycles. The van der Waals surface area contributed by atoms with E-state index in [9.17, 15) is 18.4 Å². The number of carbonyl (C=O) groups is 2. The molecule has 0 bridgehead atoms. The van der Waals surface area contributed by atoms with Crippen LogP contribution in [0.15, 0.2) is 18.6 Å². The molecule has 1 aromatic rings. The van der Waals surface area contributed by atoms with Crippen molar-refractivity contribution in [1.82, 2.24) is 20.2 Å². The van der Waals surface area contributed by atoms with E-state index in [-0.39, 0.29) is 12.5 Å². The number of rotatable bonds is 6. The maximum atomic E-state index is 14.0. The molecule has 1 atom stereocenters. The fraction of sp³-hybridized carbons (Fsp3) is 0.625. The van der Waals surface area contributed by atoms with E-state index in [2.05, 4.69) is 15.3 Å². The van der Waals surface area contributed by atoms with Crippen molar-refractivity contribution in [3.63, 3.8) is 0 Å². The van der Waals surface area contributed by atoms with Gasteiger partial charge in [-0.3, -0.25) is 19.6 Å². The van der Waals surface area contributed by atoms with Crippen molar-refractivity contribution < 1.29 is 23.1 Å². The van der Waals surface area contributed by atoms with Crippen LogP contribution in [0, 0.1) is 5.92 Å². The number of halogens is 2. The lowest BCUT2D eigenvalue weighted by Crippen LogP contribution is -2.51. The number of amides is 2. The minimum Gasteiger partial charge on any atom is -0.373 e. The summed E-state index contributed by atoms with van der Waals surface area (Å²) in [5.41, 5.74) is -0.710. The summed E-state index contributed by atoms with van der Waals surface area (Å²) in [4.78, 5) is 32.6. The molecule has 3 rings (SSSR count). The second kappa shape index (κ2) is 7.38. The van der Waals surface area contributed by atoms with Crippen molar-refractivity contribution in [3.05, 3.63) is 24.3 Å². The van der Waals surface area contributed by atoms with Gasteiger partial charge in [-0.25, -0.2) is 0 Å². The largest absolute Gasteiger partial charge is 0.373 e. The highest BCUT2D eigenvalue weighted by Gasteiger charge is 2.43. The van der Waals surface area contributed by atoms with E-state index < -0.39 is 23.6 Å². The number of carbonyl (C=O) groups excluding carboxylic acids is 2. The monoisotopic (exact) mass is 354 g/mol. The van der Waals surface area contributed by atoms with Crippen LogP contribution in [-0.2, 0) is 20.2 Å². The number of nitrogens with zero attached hydrogens (tertiary/aromatic N) is 3. The molecule has 7 nitrogen and oxygen atoms in total. The van der Waals surface area contributed by atoms with Gasteiger partial charge in [0.25, 0.3) is 5.91 Å². The van der Waals surface area contributed by atoms with E-state index in [4.69, 9.17) is 4.74 Å². The summed E-state index contributed by atoms with van der Waals surface area (Å²) < 4.78 is 33.5. The van der Waals surface area contributed by atoms with Crippen molar-refractivity contribution in [2.24, 2.45) is 5.92 Å². The molecule has 136 valence electrons. The van der Waals surface area contributed by atoms with Gasteiger partial charge in [0.05, 0.1) is 18.9 Å². The van der Waals surface area contributed by atoms with Crippen LogP contribution in [0.2, 0.25) is 0 Å². The zero-order chi connectivity index (χ0) is 17.9. The zero-order valence-corrected chi connectivity index (χ0v) is 13.7. The highest BCUT2D eigenvalue weighted by molar-refractivity contribution is 5.84. The lowest BCUT2D eigenvalue weighted by Gasteiger charge is -2.33. The first-order valence-corrected chi connectivity index (χ1v) is 8.29. The lowest BCUT2D eigenvalue weighted by atomic mass is 10.2. The number of hydrogen-bond donors (Lipinski definition) is 1. The van der Waals surface area contributed by atoms with Gasteiger partial charge in [0.1, 0.15) is 5.69 Å². The Morgan fingerprint density at radius 3 is 2.84 bits per heavy atom. The van der Waals surface area contributed by atoms with Gasteiger partial charge in [0, 0.05) is 38.4 Å². The fourth-order valence-corrected chi connectivity index (χ4v) is 2.66. The highest BCUT2D eigenvalue weighted by atomic mass is 19.3. The summed E-state index contributed by atoms with van der Waals surface area (Å²) in [6, 6.07) is 0. The Morgan fingerprint density at radius 2 is 2.16 bits per heavy atom. The second-order valence-electron chi connectivity index (χ2n) is 6.36. The molecule has 1 N–H and O–H groups in total. The summed E-state index contributed by atoms with van der Waals surface area (Å²) in [5, 5.41) is 2.18. The number of ether oxygens (including phenoxy) is 1. The van der Waals surface area contributed by atoms with Gasteiger partial charge in [-0.05, 0) is 18.8 Å². The van der Waals surface area contributed by atoms with Crippen LogP contribution in [0.3, 0.4) is 0 Å². The van der Waals surface area contributed by atoms with E-state index in [1.165, 1.54) is 6.20 Å². The first-order chi connectivity index (χ1) is 12.0. The molecule has 25 heavy (non-hydrogen) atoms. The molecule has 0 radical (unpaired) electrons. The number of alkyl halides is 2. The molecule has 2 heterocycles. The van der Waals surface area contributed by atoms with Crippen LogP contribution < -0.4 is 5.32 Å². The SMILES string of the molecule is O=C(CC1CC1)N1CCOC(CNC(=O)C(F)(F)c2cnccn2)C1. The molecule has 0 spiro atoms. The molecule has 1 aliphatic carbocycles. The van der Waals surface area contributed by atoms with Gasteiger partial charge >= 0.3 is 5.92 Å². The Hall–Kier alpha value is -2.16. The molecule has 2 fully saturated rings. The van der Waals surface area contributed by atoms with Crippen molar-refractivity contribution in [2.75, 3.05) is 26.2 Å². The normalized spacial score (nSPS) is 21.0. The van der Waals surface area contributed by atoms with Gasteiger partial charge in [-0.1, -0.05) is 0 Å². The van der Waals surface area contributed by atoms with Crippen LogP contribution in [0.25, 0.3) is 0 Å². The van der Waals surface area contributed by atoms with E-state index in [0.29, 0.717) is 32.0 Å². The summed E-state index contributed by atoms with van der Waals surface area (Å²) in [6.45, 7) is 1.02. The Balaban J connectivity index is 1.50. The Labute approximate surface area is 143 Å². The molecule has 1 unspecified atom stereocenters. The third-order valence-electron chi connectivity index (χ3n) is 4.31. The zero-order valence-electron chi connectivity index (χ0n) is 13.7. The van der Waals surface area contributed by atoms with Gasteiger partial charge in [-0.2, -0.15) is 8.78 Å². The summed E-state index contributed by atoms with van der Waals surface area (Å²) in [6.07, 6.45) is 5.42. The minimum atomic E-state index is -3.77. The maximum Gasteiger partial charge on any atom is 0.367 e. The van der Waals surface area contributed by atoms with Crippen LogP contribution in [0.4, 0.5) is 8.78 Å². The van der Waals surface area contributed by atoms with Gasteiger partial charge in [0.2, 0.25) is 5.91 Å². The first kappa shape index (κ1) is 17.7. The average Bonchev–Trinajstić information content (AvgIpc) is 3.44. The topological polar surface area (TPSA) is 84.4 Å². The predicted molar refractivity (Wildman–Crippen MR) is 82.6 cm³/mol. The minimum absolute atomic E-state index is 0.0621. The first-order valence-electron chi connectivity index (χ1n) is 8.29. The van der Waals surface area contributed by atoms with E-state index in [0.717, 1.165) is 25.2 Å². The Bertz CT molecular complexity index is 625. The second-order valence-corrected chi connectivity index (χ2v) is 6.36. The number of aromatic nitrogens is 2. The molecule has 1 aromatic heterocycles. The predicted octanol–water partition coefficient (Wildman–Crippen LogP) is 0.712. The molecular weight excluding hydrogens is 334 g/mol. The standard InChI is InChI=1S/C16H20F2N4O3/c17-16(18,13-9-19-3-4-20-13)15(24)21-8-12-10-22(5-6-25-12)14(23)7-11-1-2-11/h3-4,9,11-12H,1-2,5-8,10H2,(H,21,24). The van der Waals surface area contributed by atoms with Gasteiger partial charge < -0.3 is 15.0 Å². The average molecular weight is 354 g/mol. The Morgan fingerprint density at radius 1 is 1.36 bits per heavy atom. The van der Waals surface area contributed by atoms with Crippen LogP contribution in [-0.4, -0.2) is 59.0 Å². The summed E-state index contributed by atoms with van der Waals surface area (Å²) in [5.74, 6) is -4.69. The van der Waals surface area contributed by atoms with Crippen molar-refractivity contribution >= 4 is 11.8 Å². The van der Waals surface area contributed by atoms with Crippen molar-refractivity contribution in [1.29, 1.82) is 0 Å². The molecular formula is C16H20F2N4O3. The smallest absolute Gasteiger partial charge is 0.367 e. The number of morpholine rings is 1. The van der Waals surface area contributed by atoms with Crippen molar-refractivity contribution in [2.45, 2.75) is 31.3 Å². The van der Waals surface area contributed by atoms with Crippen LogP contribution in [0.1, 0.15) is 25.0 Å². The molecule has 1 saturated carbocycles. The molecule has 2 amide bonds. The fourth-order valence-electron chi connectivity index (χ4n) is 2.66. The molecule has 2 aliphatic rings. The lowest BCUT2D eigenvalue weighted by molar-refractivity contribution is -0.149. The molecule has 0 aromatic carbocycles. The van der Waals surface area contributed by atoms with Gasteiger partial charge in [-0.15, -0.1) is 0 Å². The van der Waals surface area contributed by atoms with E-state index in [1.54, 1.807) is 4.90 Å². The number of nitrogens with one attached hydrogen (secondary N) is 1. The quantitative estimate of drug-likeness (QED) is 0.813. The maximum absolute atomic E-state index is 14.0. The third-order valence-corrected chi connectivity index (χ3v) is 4.31. The third kappa shape index (κ3) is 4.47. The van der Waals surface area contributed by atoms with Gasteiger partial charge in [0.15, 0.2) is 0 Å². The summed E-state index contributed by atoms with van der Waals surface area (Å²) >= 11 is 0. The number of hydrogen-bond acceptors (Lipinski definition) is 5.